The molecule has 0 aliphatic carbocycles. The molecule has 6 nitrogen and oxygen atoms in total. The van der Waals surface area contributed by atoms with Crippen LogP contribution in [0.15, 0.2) is 70.1 Å². The van der Waals surface area contributed by atoms with Crippen molar-refractivity contribution in [3.05, 3.63) is 76.2 Å². The van der Waals surface area contributed by atoms with E-state index in [-0.39, 0.29) is 18.3 Å². The van der Waals surface area contributed by atoms with Gasteiger partial charge in [-0.25, -0.2) is 9.07 Å². The average Bonchev–Trinajstić information content (AvgIpc) is 3.18. The lowest BCUT2D eigenvalue weighted by atomic mass is 10.1. The molecule has 1 aliphatic rings. The fourth-order valence-corrected chi connectivity index (χ4v) is 4.07. The molecule has 32 heavy (non-hydrogen) atoms. The lowest BCUT2D eigenvalue weighted by Gasteiger charge is -2.18. The molecule has 1 aliphatic heterocycles. The van der Waals surface area contributed by atoms with Crippen LogP contribution >= 0.6 is 11.3 Å². The van der Waals surface area contributed by atoms with Gasteiger partial charge < -0.3 is 10.1 Å². The highest BCUT2D eigenvalue weighted by Crippen LogP contribution is 2.33. The molecule has 2 heterocycles. The number of benzene rings is 2. The maximum atomic E-state index is 13.4. The van der Waals surface area contributed by atoms with Gasteiger partial charge in [-0.05, 0) is 49.2 Å². The summed E-state index contributed by atoms with van der Waals surface area (Å²) in [7, 11) is 0. The number of nitrogens with zero attached hydrogens (tertiary/aromatic N) is 3. The first kappa shape index (κ1) is 21.7. The van der Waals surface area contributed by atoms with Gasteiger partial charge in [0.05, 0.1) is 23.6 Å². The number of anilines is 1. The first-order chi connectivity index (χ1) is 15.4. The lowest BCUT2D eigenvalue weighted by molar-refractivity contribution is -0.118. The van der Waals surface area contributed by atoms with Gasteiger partial charge in [0, 0.05) is 10.9 Å². The first-order valence-electron chi connectivity index (χ1n) is 10.2. The summed E-state index contributed by atoms with van der Waals surface area (Å²) in [5.74, 6) is 0.155. The Bertz CT molecular complexity index is 1270. The maximum Gasteiger partial charge on any atom is 0.262 e. The summed E-state index contributed by atoms with van der Waals surface area (Å²) in [5.41, 5.74) is 4.90. The molecular formula is C24H23FN4O2S. The summed E-state index contributed by atoms with van der Waals surface area (Å²) in [6, 6.07) is 11.9. The number of halogens is 1. The van der Waals surface area contributed by atoms with Gasteiger partial charge in [-0.1, -0.05) is 31.2 Å². The Hall–Kier alpha value is -3.52. The summed E-state index contributed by atoms with van der Waals surface area (Å²) >= 11 is 1.47. The molecule has 1 amide bonds. The molecule has 8 heteroatoms. The highest BCUT2D eigenvalue weighted by Gasteiger charge is 2.18. The van der Waals surface area contributed by atoms with Crippen LogP contribution in [-0.4, -0.2) is 29.4 Å². The van der Waals surface area contributed by atoms with Crippen LogP contribution in [0.4, 0.5) is 10.1 Å². The summed E-state index contributed by atoms with van der Waals surface area (Å²) in [5, 5.41) is 9.72. The predicted octanol–water partition coefficient (Wildman–Crippen LogP) is 4.83. The van der Waals surface area contributed by atoms with E-state index in [0.29, 0.717) is 29.2 Å². The van der Waals surface area contributed by atoms with E-state index < -0.39 is 0 Å². The average molecular weight is 451 g/mol. The number of carbonyl (C=O) groups is 1. The minimum absolute atomic E-state index is 0.0105. The molecule has 0 fully saturated rings. The molecule has 1 aromatic heterocycles. The number of rotatable bonds is 6. The highest BCUT2D eigenvalue weighted by molar-refractivity contribution is 7.07. The quantitative estimate of drug-likeness (QED) is 0.432. The van der Waals surface area contributed by atoms with Crippen LogP contribution in [0.1, 0.15) is 25.8 Å². The normalized spacial score (nSPS) is 14.0. The van der Waals surface area contributed by atoms with E-state index in [1.54, 1.807) is 16.8 Å². The molecule has 4 rings (SSSR count). The monoisotopic (exact) mass is 450 g/mol. The number of thiazole rings is 1. The standard InChI is InChI=1S/C24H23FN4O2S/c1-4-19(16-5-8-18(25)9-6-16)28-29-21(14-32-24(29)26-12-15(2)3)17-7-10-22-20(11-17)27-23(30)13-31-22/h5-11,14H,2,4,12-13H2,1,3H3,(H,27,30). The number of hydrogen-bond donors (Lipinski definition) is 1. The molecule has 0 radical (unpaired) electrons. The lowest BCUT2D eigenvalue weighted by Crippen LogP contribution is -2.25. The first-order valence-corrected chi connectivity index (χ1v) is 11.1. The molecule has 0 saturated heterocycles. The summed E-state index contributed by atoms with van der Waals surface area (Å²) in [6.45, 7) is 8.36. The van der Waals surface area contributed by atoms with Crippen molar-refractivity contribution in [1.82, 2.24) is 4.68 Å². The predicted molar refractivity (Wildman–Crippen MR) is 126 cm³/mol. The van der Waals surface area contributed by atoms with Crippen LogP contribution in [-0.2, 0) is 4.79 Å². The van der Waals surface area contributed by atoms with Crippen molar-refractivity contribution in [3.8, 4) is 17.0 Å². The van der Waals surface area contributed by atoms with Crippen LogP contribution in [0.5, 0.6) is 5.75 Å². The largest absolute Gasteiger partial charge is 0.482 e. The minimum Gasteiger partial charge on any atom is -0.482 e. The fourth-order valence-electron chi connectivity index (χ4n) is 3.24. The Balaban J connectivity index is 1.85. The summed E-state index contributed by atoms with van der Waals surface area (Å²) in [4.78, 5) is 17.1. The van der Waals surface area contributed by atoms with Gasteiger partial charge >= 0.3 is 0 Å². The van der Waals surface area contributed by atoms with Crippen molar-refractivity contribution in [1.29, 1.82) is 0 Å². The van der Waals surface area contributed by atoms with E-state index in [9.17, 15) is 9.18 Å². The van der Waals surface area contributed by atoms with Gasteiger partial charge in [-0.3, -0.25) is 9.79 Å². The zero-order chi connectivity index (χ0) is 22.7. The van der Waals surface area contributed by atoms with E-state index in [1.807, 2.05) is 37.4 Å². The number of amides is 1. The van der Waals surface area contributed by atoms with E-state index in [4.69, 9.17) is 9.84 Å². The number of nitrogens with one attached hydrogen (secondary N) is 1. The third-order valence-corrected chi connectivity index (χ3v) is 5.66. The number of ether oxygens (including phenoxy) is 1. The Labute approximate surface area is 189 Å². The molecular weight excluding hydrogens is 427 g/mol. The number of hydrogen-bond acceptors (Lipinski definition) is 5. The minimum atomic E-state index is -0.288. The number of carbonyl (C=O) groups excluding carboxylic acids is 1. The van der Waals surface area contributed by atoms with Crippen LogP contribution in [0.25, 0.3) is 11.3 Å². The fraction of sp³-hybridized carbons (Fsp3) is 0.208. The second kappa shape index (κ2) is 9.32. The second-order valence-corrected chi connectivity index (χ2v) is 8.28. The zero-order valence-electron chi connectivity index (χ0n) is 17.9. The van der Waals surface area contributed by atoms with Crippen molar-refractivity contribution in [2.24, 2.45) is 10.1 Å². The van der Waals surface area contributed by atoms with E-state index in [1.165, 1.54) is 23.5 Å². The second-order valence-electron chi connectivity index (χ2n) is 7.44. The molecule has 0 spiro atoms. The Morgan fingerprint density at radius 1 is 1.28 bits per heavy atom. The molecule has 0 saturated carbocycles. The topological polar surface area (TPSA) is 68.0 Å². The Kier molecular flexibility index (Phi) is 6.32. The third-order valence-electron chi connectivity index (χ3n) is 4.81. The van der Waals surface area contributed by atoms with Gasteiger partial charge in [0.15, 0.2) is 6.61 Å². The Morgan fingerprint density at radius 3 is 2.78 bits per heavy atom. The van der Waals surface area contributed by atoms with Crippen molar-refractivity contribution >= 4 is 28.6 Å². The number of aromatic nitrogens is 1. The summed E-state index contributed by atoms with van der Waals surface area (Å²) < 4.78 is 20.7. The Morgan fingerprint density at radius 2 is 2.06 bits per heavy atom. The van der Waals surface area contributed by atoms with Gasteiger partial charge in [0.1, 0.15) is 11.6 Å². The maximum absolute atomic E-state index is 13.4. The van der Waals surface area contributed by atoms with Crippen LogP contribution < -0.4 is 14.9 Å². The van der Waals surface area contributed by atoms with Gasteiger partial charge in [0.25, 0.3) is 5.91 Å². The molecule has 0 unspecified atom stereocenters. The highest BCUT2D eigenvalue weighted by atomic mass is 32.1. The SMILES string of the molecule is C=C(C)CN=c1scc(-c2ccc3c(c2)NC(=O)CO3)n1N=C(CC)c1ccc(F)cc1. The molecule has 1 N–H and O–H groups in total. The number of fused-ring (bicyclic) bond motifs is 1. The van der Waals surface area contributed by atoms with Crippen molar-refractivity contribution < 1.29 is 13.9 Å². The van der Waals surface area contributed by atoms with E-state index in [0.717, 1.165) is 28.1 Å². The van der Waals surface area contributed by atoms with Crippen molar-refractivity contribution in [2.45, 2.75) is 20.3 Å². The molecule has 2 aromatic carbocycles. The van der Waals surface area contributed by atoms with Crippen molar-refractivity contribution in [2.75, 3.05) is 18.5 Å². The molecule has 3 aromatic rings. The third kappa shape index (κ3) is 4.70. The van der Waals surface area contributed by atoms with Gasteiger partial charge in [-0.15, -0.1) is 11.3 Å². The summed E-state index contributed by atoms with van der Waals surface area (Å²) in [6.07, 6.45) is 0.655. The zero-order valence-corrected chi connectivity index (χ0v) is 18.7. The smallest absolute Gasteiger partial charge is 0.262 e. The van der Waals surface area contributed by atoms with Crippen LogP contribution in [0.2, 0.25) is 0 Å². The molecule has 164 valence electrons. The van der Waals surface area contributed by atoms with Crippen molar-refractivity contribution in [3.63, 3.8) is 0 Å². The van der Waals surface area contributed by atoms with E-state index in [2.05, 4.69) is 16.9 Å². The van der Waals surface area contributed by atoms with Crippen LogP contribution in [0, 0.1) is 5.82 Å². The van der Waals surface area contributed by atoms with Crippen LogP contribution in [0.3, 0.4) is 0 Å². The van der Waals surface area contributed by atoms with Gasteiger partial charge in [0.2, 0.25) is 4.80 Å². The van der Waals surface area contributed by atoms with Gasteiger partial charge in [-0.2, -0.15) is 5.10 Å². The van der Waals surface area contributed by atoms with E-state index >= 15 is 0 Å². The molecule has 0 bridgehead atoms. The molecule has 0 atom stereocenters.